The monoisotopic (exact) mass is 430 g/mol. The number of benzene rings is 1. The third kappa shape index (κ3) is 4.17. The van der Waals surface area contributed by atoms with Crippen LogP contribution in [0.5, 0.6) is 0 Å². The molecule has 3 nitrogen and oxygen atoms in total. The Labute approximate surface area is 145 Å². The molecule has 0 spiro atoms. The molecule has 0 amide bonds. The molecule has 1 aromatic heterocycles. The summed E-state index contributed by atoms with van der Waals surface area (Å²) in [5.74, 6) is -2.23. The number of carbonyl (C=O) groups is 1. The molecule has 10 heteroatoms. The maximum absolute atomic E-state index is 13.2. The summed E-state index contributed by atoms with van der Waals surface area (Å²) in [6.45, 7) is 1.45. The second-order valence-electron chi connectivity index (χ2n) is 4.76. The first-order valence-electron chi connectivity index (χ1n) is 6.70. The Morgan fingerprint density at radius 1 is 1.08 bits per heavy atom. The van der Waals surface area contributed by atoms with E-state index >= 15 is 0 Å². The second kappa shape index (κ2) is 6.74. The van der Waals surface area contributed by atoms with Crippen molar-refractivity contribution >= 4 is 21.9 Å². The zero-order chi connectivity index (χ0) is 19.0. The third-order valence-electron chi connectivity index (χ3n) is 3.04. The molecule has 0 radical (unpaired) electrons. The van der Waals surface area contributed by atoms with Crippen molar-refractivity contribution in [1.82, 2.24) is 0 Å². The Morgan fingerprint density at radius 2 is 1.60 bits per heavy atom. The minimum atomic E-state index is -5.07. The van der Waals surface area contributed by atoms with Crippen LogP contribution in [0, 0.1) is 0 Å². The summed E-state index contributed by atoms with van der Waals surface area (Å²) < 4.78 is 88.6. The lowest BCUT2D eigenvalue weighted by Crippen LogP contribution is -2.14. The van der Waals surface area contributed by atoms with E-state index in [-0.39, 0.29) is 6.61 Å². The van der Waals surface area contributed by atoms with E-state index in [4.69, 9.17) is 4.42 Å². The Kier molecular flexibility index (Phi) is 5.22. The maximum atomic E-state index is 13.2. The van der Waals surface area contributed by atoms with Gasteiger partial charge < -0.3 is 9.15 Å². The number of rotatable bonds is 3. The molecule has 0 aliphatic carbocycles. The summed E-state index contributed by atoms with van der Waals surface area (Å²) in [5, 5.41) is 0. The molecule has 0 aliphatic heterocycles. The fraction of sp³-hybridized carbons (Fsp3) is 0.267. The average Bonchev–Trinajstić information content (AvgIpc) is 2.94. The van der Waals surface area contributed by atoms with E-state index in [2.05, 4.69) is 20.7 Å². The van der Waals surface area contributed by atoms with Gasteiger partial charge in [0.15, 0.2) is 0 Å². The standard InChI is InChI=1S/C15H9BrF6O3/c1-2-24-13(23)11-4-3-10(25-11)12-8(14(17,18)19)5-7(16)6-9(12)15(20,21)22/h3-6H,2H2,1H3. The molecular weight excluding hydrogens is 422 g/mol. The Balaban J connectivity index is 2.73. The van der Waals surface area contributed by atoms with Crippen LogP contribution in [-0.4, -0.2) is 12.6 Å². The number of furan rings is 1. The van der Waals surface area contributed by atoms with Gasteiger partial charge in [-0.3, -0.25) is 0 Å². The summed E-state index contributed by atoms with van der Waals surface area (Å²) in [6, 6.07) is 2.84. The van der Waals surface area contributed by atoms with Crippen LogP contribution < -0.4 is 0 Å². The van der Waals surface area contributed by atoms with Gasteiger partial charge in [-0.1, -0.05) is 15.9 Å². The largest absolute Gasteiger partial charge is 0.460 e. The number of esters is 1. The van der Waals surface area contributed by atoms with Gasteiger partial charge in [0.05, 0.1) is 17.7 Å². The lowest BCUT2D eigenvalue weighted by Gasteiger charge is -2.18. The topological polar surface area (TPSA) is 39.4 Å². The van der Waals surface area contributed by atoms with Crippen molar-refractivity contribution in [3.8, 4) is 11.3 Å². The average molecular weight is 431 g/mol. The van der Waals surface area contributed by atoms with Crippen molar-refractivity contribution in [2.75, 3.05) is 6.61 Å². The Morgan fingerprint density at radius 3 is 2.04 bits per heavy atom. The highest BCUT2D eigenvalue weighted by atomic mass is 79.9. The zero-order valence-electron chi connectivity index (χ0n) is 12.4. The van der Waals surface area contributed by atoms with Gasteiger partial charge in [0.2, 0.25) is 5.76 Å². The van der Waals surface area contributed by atoms with Crippen molar-refractivity contribution in [2.24, 2.45) is 0 Å². The normalized spacial score (nSPS) is 12.3. The molecule has 1 heterocycles. The van der Waals surface area contributed by atoms with Crippen LogP contribution in [0.3, 0.4) is 0 Å². The quantitative estimate of drug-likeness (QED) is 0.447. The van der Waals surface area contributed by atoms with Crippen LogP contribution in [-0.2, 0) is 17.1 Å². The number of halogens is 7. The van der Waals surface area contributed by atoms with Crippen molar-refractivity contribution in [2.45, 2.75) is 19.3 Å². The highest BCUT2D eigenvalue weighted by molar-refractivity contribution is 9.10. The Hall–Kier alpha value is -1.97. The molecule has 2 rings (SSSR count). The number of hydrogen-bond donors (Lipinski definition) is 0. The van der Waals surface area contributed by atoms with Crippen molar-refractivity contribution in [3.63, 3.8) is 0 Å². The minimum Gasteiger partial charge on any atom is -0.460 e. The van der Waals surface area contributed by atoms with E-state index in [1.807, 2.05) is 0 Å². The van der Waals surface area contributed by atoms with Gasteiger partial charge in [0.25, 0.3) is 0 Å². The SMILES string of the molecule is CCOC(=O)c1ccc(-c2c(C(F)(F)F)cc(Br)cc2C(F)(F)F)o1. The molecule has 0 fully saturated rings. The van der Waals surface area contributed by atoms with Crippen molar-refractivity contribution in [1.29, 1.82) is 0 Å². The van der Waals surface area contributed by atoms with Crippen LogP contribution in [0.2, 0.25) is 0 Å². The predicted molar refractivity (Wildman–Crippen MR) is 77.8 cm³/mol. The molecule has 0 atom stereocenters. The van der Waals surface area contributed by atoms with Gasteiger partial charge in [-0.25, -0.2) is 4.79 Å². The number of carbonyl (C=O) groups excluding carboxylic acids is 1. The highest BCUT2D eigenvalue weighted by Crippen LogP contribution is 2.46. The molecule has 0 bridgehead atoms. The Bertz CT molecular complexity index is 756. The lowest BCUT2D eigenvalue weighted by molar-refractivity contribution is -0.142. The number of ether oxygens (including phenoxy) is 1. The molecule has 0 N–H and O–H groups in total. The van der Waals surface area contributed by atoms with E-state index in [0.717, 1.165) is 12.1 Å². The number of hydrogen-bond acceptors (Lipinski definition) is 3. The molecule has 0 unspecified atom stereocenters. The fourth-order valence-electron chi connectivity index (χ4n) is 2.10. The third-order valence-corrected chi connectivity index (χ3v) is 3.50. The van der Waals surface area contributed by atoms with E-state index < -0.39 is 51.0 Å². The number of alkyl halides is 6. The second-order valence-corrected chi connectivity index (χ2v) is 5.67. The van der Waals surface area contributed by atoms with Gasteiger partial charge in [0.1, 0.15) is 5.76 Å². The minimum absolute atomic E-state index is 0.0330. The van der Waals surface area contributed by atoms with Gasteiger partial charge >= 0.3 is 18.3 Å². The summed E-state index contributed by atoms with van der Waals surface area (Å²) in [4.78, 5) is 11.5. The van der Waals surface area contributed by atoms with Crippen molar-refractivity contribution < 1.29 is 40.3 Å². The zero-order valence-corrected chi connectivity index (χ0v) is 14.0. The first-order valence-corrected chi connectivity index (χ1v) is 7.49. The summed E-state index contributed by atoms with van der Waals surface area (Å²) in [5.41, 5.74) is -4.28. The van der Waals surface area contributed by atoms with Gasteiger partial charge in [-0.15, -0.1) is 0 Å². The van der Waals surface area contributed by atoms with Gasteiger partial charge in [0, 0.05) is 10.0 Å². The molecule has 0 saturated carbocycles. The van der Waals surface area contributed by atoms with Crippen molar-refractivity contribution in [3.05, 3.63) is 45.6 Å². The highest BCUT2D eigenvalue weighted by Gasteiger charge is 2.42. The van der Waals surface area contributed by atoms with E-state index in [0.29, 0.717) is 12.1 Å². The maximum Gasteiger partial charge on any atom is 0.417 e. The van der Waals surface area contributed by atoms with E-state index in [9.17, 15) is 31.1 Å². The predicted octanol–water partition coefficient (Wildman–Crippen LogP) is 5.92. The molecule has 2 aromatic rings. The van der Waals surface area contributed by atoms with Crippen LogP contribution in [0.1, 0.15) is 28.6 Å². The van der Waals surface area contributed by atoms with Crippen LogP contribution in [0.4, 0.5) is 26.3 Å². The van der Waals surface area contributed by atoms with Crippen LogP contribution in [0.25, 0.3) is 11.3 Å². The smallest absolute Gasteiger partial charge is 0.417 e. The molecular formula is C15H9BrF6O3. The summed E-state index contributed by atoms with van der Waals surface area (Å²) in [7, 11) is 0. The molecule has 136 valence electrons. The molecule has 0 saturated heterocycles. The van der Waals surface area contributed by atoms with Crippen LogP contribution in [0.15, 0.2) is 33.2 Å². The van der Waals surface area contributed by atoms with E-state index in [1.54, 1.807) is 0 Å². The first-order chi connectivity index (χ1) is 11.4. The first kappa shape index (κ1) is 19.4. The lowest BCUT2D eigenvalue weighted by atomic mass is 9.98. The summed E-state index contributed by atoms with van der Waals surface area (Å²) in [6.07, 6.45) is -10.1. The van der Waals surface area contributed by atoms with Crippen LogP contribution >= 0.6 is 15.9 Å². The van der Waals surface area contributed by atoms with E-state index in [1.165, 1.54) is 6.92 Å². The summed E-state index contributed by atoms with van der Waals surface area (Å²) >= 11 is 2.65. The van der Waals surface area contributed by atoms with Gasteiger partial charge in [-0.2, -0.15) is 26.3 Å². The van der Waals surface area contributed by atoms with Gasteiger partial charge in [-0.05, 0) is 31.2 Å². The molecule has 25 heavy (non-hydrogen) atoms. The molecule has 0 aliphatic rings. The molecule has 1 aromatic carbocycles. The fourth-order valence-corrected chi connectivity index (χ4v) is 2.56.